The fraction of sp³-hybridized carbons (Fsp3) is 0.444. The Morgan fingerprint density at radius 3 is 2.35 bits per heavy atom. The van der Waals surface area contributed by atoms with E-state index in [0.717, 1.165) is 12.8 Å². The molecule has 1 aromatic heterocycles. The van der Waals surface area contributed by atoms with Crippen LogP contribution in [0.3, 0.4) is 0 Å². The van der Waals surface area contributed by atoms with Crippen molar-refractivity contribution in [3.8, 4) is 17.2 Å². The summed E-state index contributed by atoms with van der Waals surface area (Å²) in [6.45, 7) is 8.85. The Bertz CT molecular complexity index is 1200. The van der Waals surface area contributed by atoms with Crippen molar-refractivity contribution < 1.29 is 28.3 Å². The van der Waals surface area contributed by atoms with Gasteiger partial charge in [-0.1, -0.05) is 5.16 Å². The molecule has 0 saturated carbocycles. The van der Waals surface area contributed by atoms with Crippen LogP contribution >= 0.6 is 0 Å². The zero-order valence-electron chi connectivity index (χ0n) is 22.1. The lowest BCUT2D eigenvalue weighted by atomic mass is 10.1. The minimum absolute atomic E-state index is 0.0351. The second-order valence-electron chi connectivity index (χ2n) is 9.11. The number of methoxy groups -OCH3 is 1. The van der Waals surface area contributed by atoms with Crippen molar-refractivity contribution >= 4 is 28.6 Å². The number of carbonyl (C=O) groups is 2. The summed E-state index contributed by atoms with van der Waals surface area (Å²) in [5.74, 6) is 1.71. The van der Waals surface area contributed by atoms with Gasteiger partial charge >= 0.3 is 0 Å². The third kappa shape index (κ3) is 7.13. The monoisotopic (exact) mass is 512 g/mol. The van der Waals surface area contributed by atoms with Crippen LogP contribution in [0.25, 0.3) is 11.0 Å². The first-order valence-electron chi connectivity index (χ1n) is 12.4. The van der Waals surface area contributed by atoms with Gasteiger partial charge in [0, 0.05) is 23.7 Å². The van der Waals surface area contributed by atoms with Gasteiger partial charge in [-0.05, 0) is 70.9 Å². The molecule has 0 saturated heterocycles. The largest absolute Gasteiger partial charge is 0.493 e. The quantitative estimate of drug-likeness (QED) is 0.326. The summed E-state index contributed by atoms with van der Waals surface area (Å²) >= 11 is 0. The molecule has 2 amide bonds. The Morgan fingerprint density at radius 2 is 1.70 bits per heavy atom. The van der Waals surface area contributed by atoms with Crippen LogP contribution < -0.4 is 25.3 Å². The van der Waals surface area contributed by atoms with Gasteiger partial charge < -0.3 is 34.7 Å². The highest BCUT2D eigenvalue weighted by molar-refractivity contribution is 5.99. The third-order valence-electron chi connectivity index (χ3n) is 5.71. The molecule has 2 aromatic carbocycles. The molecule has 0 unspecified atom stereocenters. The molecule has 0 aliphatic heterocycles. The fourth-order valence-electron chi connectivity index (χ4n) is 3.99. The molecule has 10 heteroatoms. The molecule has 0 aliphatic rings. The number of ether oxygens (including phenoxy) is 3. The average molecular weight is 513 g/mol. The van der Waals surface area contributed by atoms with Crippen LogP contribution in [0.1, 0.15) is 50.9 Å². The van der Waals surface area contributed by atoms with Crippen LogP contribution in [0, 0.1) is 0 Å². The molecule has 3 rings (SSSR count). The van der Waals surface area contributed by atoms with Crippen molar-refractivity contribution in [1.29, 1.82) is 0 Å². The number of hydrogen-bond donors (Lipinski definition) is 2. The maximum absolute atomic E-state index is 13.0. The van der Waals surface area contributed by atoms with E-state index in [0.29, 0.717) is 52.8 Å². The second kappa shape index (κ2) is 13.0. The molecule has 200 valence electrons. The maximum Gasteiger partial charge on any atom is 0.254 e. The zero-order chi connectivity index (χ0) is 26.9. The Morgan fingerprint density at radius 1 is 1.00 bits per heavy atom. The number of nitrogens with zero attached hydrogens (tertiary/aromatic N) is 2. The van der Waals surface area contributed by atoms with E-state index < -0.39 is 0 Å². The van der Waals surface area contributed by atoms with Crippen LogP contribution in [0.5, 0.6) is 17.2 Å². The van der Waals surface area contributed by atoms with Crippen LogP contribution in [-0.2, 0) is 4.79 Å². The minimum Gasteiger partial charge on any atom is -0.493 e. The number of anilines is 1. The molecule has 0 radical (unpaired) electrons. The Hall–Kier alpha value is -3.79. The average Bonchev–Trinajstić information content (AvgIpc) is 3.27. The van der Waals surface area contributed by atoms with E-state index >= 15 is 0 Å². The lowest BCUT2D eigenvalue weighted by molar-refractivity contribution is -0.114. The van der Waals surface area contributed by atoms with Gasteiger partial charge in [-0.3, -0.25) is 9.59 Å². The van der Waals surface area contributed by atoms with Gasteiger partial charge in [0.05, 0.1) is 32.3 Å². The highest BCUT2D eigenvalue weighted by atomic mass is 16.5. The van der Waals surface area contributed by atoms with Crippen molar-refractivity contribution in [3.63, 3.8) is 0 Å². The summed E-state index contributed by atoms with van der Waals surface area (Å²) in [7, 11) is 1.56. The molecule has 37 heavy (non-hydrogen) atoms. The highest BCUT2D eigenvalue weighted by Gasteiger charge is 2.22. The molecule has 0 aliphatic carbocycles. The number of amides is 2. The first-order valence-corrected chi connectivity index (χ1v) is 12.4. The molecule has 0 spiro atoms. The number of benzene rings is 2. The SMILES string of the molecule is COc1cc(C(=O)N(C(C)C)C(C)C)ccc1OCCCCOc1ccc2c(NC(=O)CN)noc2c1. The maximum atomic E-state index is 13.0. The van der Waals surface area contributed by atoms with Crippen molar-refractivity contribution in [1.82, 2.24) is 10.1 Å². The van der Waals surface area contributed by atoms with Crippen molar-refractivity contribution in [2.75, 3.05) is 32.2 Å². The first kappa shape index (κ1) is 27.8. The molecule has 0 fully saturated rings. The number of rotatable bonds is 13. The van der Waals surface area contributed by atoms with E-state index in [4.69, 9.17) is 24.5 Å². The summed E-state index contributed by atoms with van der Waals surface area (Å²) in [5, 5.41) is 7.13. The van der Waals surface area contributed by atoms with Gasteiger partial charge in [0.25, 0.3) is 5.91 Å². The number of nitrogens with one attached hydrogen (secondary N) is 1. The molecule has 0 atom stereocenters. The number of carbonyl (C=O) groups excluding carboxylic acids is 2. The standard InChI is InChI=1S/C27H36N4O6/c1-17(2)31(18(3)4)27(33)19-8-11-22(24(14-19)34-5)36-13-7-6-12-35-20-9-10-21-23(15-20)37-30-26(21)29-25(32)16-28/h8-11,14-15,17-18H,6-7,12-13,16,28H2,1-5H3,(H,29,30,32). The van der Waals surface area contributed by atoms with E-state index in [2.05, 4.69) is 10.5 Å². The topological polar surface area (TPSA) is 129 Å². The van der Waals surface area contributed by atoms with Crippen molar-refractivity contribution in [2.45, 2.75) is 52.6 Å². The van der Waals surface area contributed by atoms with Gasteiger partial charge in [-0.25, -0.2) is 0 Å². The van der Waals surface area contributed by atoms with E-state index in [1.165, 1.54) is 0 Å². The zero-order valence-corrected chi connectivity index (χ0v) is 22.1. The Kier molecular flexibility index (Phi) is 9.73. The predicted octanol–water partition coefficient (Wildman–Crippen LogP) is 4.23. The smallest absolute Gasteiger partial charge is 0.254 e. The van der Waals surface area contributed by atoms with Crippen molar-refractivity contribution in [2.24, 2.45) is 5.73 Å². The van der Waals surface area contributed by atoms with E-state index in [1.807, 2.05) is 32.6 Å². The summed E-state index contributed by atoms with van der Waals surface area (Å²) < 4.78 is 22.5. The minimum atomic E-state index is -0.344. The van der Waals surface area contributed by atoms with Crippen molar-refractivity contribution in [3.05, 3.63) is 42.0 Å². The normalized spacial score (nSPS) is 11.1. The predicted molar refractivity (Wildman–Crippen MR) is 141 cm³/mol. The molecular weight excluding hydrogens is 476 g/mol. The molecule has 3 aromatic rings. The number of hydrogen-bond acceptors (Lipinski definition) is 8. The van der Waals surface area contributed by atoms with E-state index in [-0.39, 0.29) is 30.4 Å². The number of unbranched alkanes of at least 4 members (excludes halogenated alkanes) is 1. The van der Waals surface area contributed by atoms with Gasteiger partial charge in [0.15, 0.2) is 22.9 Å². The molecular formula is C27H36N4O6. The summed E-state index contributed by atoms with van der Waals surface area (Å²) in [6.07, 6.45) is 1.53. The summed E-state index contributed by atoms with van der Waals surface area (Å²) in [5.41, 5.74) is 6.39. The van der Waals surface area contributed by atoms with E-state index in [9.17, 15) is 9.59 Å². The molecule has 3 N–H and O–H groups in total. The van der Waals surface area contributed by atoms with Crippen LogP contribution in [-0.4, -0.2) is 60.8 Å². The van der Waals surface area contributed by atoms with Crippen LogP contribution in [0.2, 0.25) is 0 Å². The Labute approximate surface area is 217 Å². The van der Waals surface area contributed by atoms with Crippen LogP contribution in [0.15, 0.2) is 40.9 Å². The lowest BCUT2D eigenvalue weighted by Crippen LogP contribution is -2.42. The molecule has 0 bridgehead atoms. The number of nitrogens with two attached hydrogens (primary N) is 1. The Balaban J connectivity index is 1.48. The number of fused-ring (bicyclic) bond motifs is 1. The van der Waals surface area contributed by atoms with Gasteiger partial charge in [-0.15, -0.1) is 0 Å². The molecule has 1 heterocycles. The third-order valence-corrected chi connectivity index (χ3v) is 5.71. The summed E-state index contributed by atoms with van der Waals surface area (Å²) in [4.78, 5) is 26.3. The van der Waals surface area contributed by atoms with Gasteiger partial charge in [0.1, 0.15) is 5.75 Å². The fourth-order valence-corrected chi connectivity index (χ4v) is 3.99. The lowest BCUT2D eigenvalue weighted by Gasteiger charge is -2.31. The van der Waals surface area contributed by atoms with E-state index in [1.54, 1.807) is 43.5 Å². The second-order valence-corrected chi connectivity index (χ2v) is 9.11. The van der Waals surface area contributed by atoms with Gasteiger partial charge in [0.2, 0.25) is 5.91 Å². The first-order chi connectivity index (χ1) is 17.7. The summed E-state index contributed by atoms with van der Waals surface area (Å²) in [6, 6.07) is 10.8. The highest BCUT2D eigenvalue weighted by Crippen LogP contribution is 2.30. The van der Waals surface area contributed by atoms with Gasteiger partial charge in [-0.2, -0.15) is 0 Å². The van der Waals surface area contributed by atoms with Crippen LogP contribution in [0.4, 0.5) is 5.82 Å². The molecule has 10 nitrogen and oxygen atoms in total. The number of aromatic nitrogens is 1.